The third kappa shape index (κ3) is 3.48. The second-order valence-electron chi connectivity index (χ2n) is 4.04. The lowest BCUT2D eigenvalue weighted by atomic mass is 10.0. The molecular weight excluding hydrogens is 214 g/mol. The van der Waals surface area contributed by atoms with Crippen molar-refractivity contribution in [2.45, 2.75) is 19.3 Å². The van der Waals surface area contributed by atoms with Crippen LogP contribution in [0.1, 0.15) is 17.7 Å². The highest BCUT2D eigenvalue weighted by Crippen LogP contribution is 2.10. The SMILES string of the molecule is Nc1cccc(CCC(=O)Cc2ccco2)c1. The van der Waals surface area contributed by atoms with Crippen molar-refractivity contribution < 1.29 is 9.21 Å². The van der Waals surface area contributed by atoms with Crippen LogP contribution in [0, 0.1) is 0 Å². The molecule has 17 heavy (non-hydrogen) atoms. The van der Waals surface area contributed by atoms with Crippen LogP contribution in [0.5, 0.6) is 0 Å². The highest BCUT2D eigenvalue weighted by molar-refractivity contribution is 5.80. The number of rotatable bonds is 5. The van der Waals surface area contributed by atoms with Gasteiger partial charge in [0, 0.05) is 12.1 Å². The average Bonchev–Trinajstić information content (AvgIpc) is 2.79. The number of aryl methyl sites for hydroxylation is 1. The van der Waals surface area contributed by atoms with Crippen molar-refractivity contribution in [2.75, 3.05) is 5.73 Å². The maximum Gasteiger partial charge on any atom is 0.140 e. The smallest absolute Gasteiger partial charge is 0.140 e. The molecule has 0 fully saturated rings. The van der Waals surface area contributed by atoms with Crippen LogP contribution in [0.3, 0.4) is 0 Å². The van der Waals surface area contributed by atoms with Crippen molar-refractivity contribution in [3.8, 4) is 0 Å². The number of nitrogen functional groups attached to an aromatic ring is 1. The van der Waals surface area contributed by atoms with Crippen LogP contribution in [0.15, 0.2) is 47.1 Å². The molecule has 2 rings (SSSR count). The fraction of sp³-hybridized carbons (Fsp3) is 0.214. The van der Waals surface area contributed by atoms with Crippen molar-refractivity contribution >= 4 is 11.5 Å². The van der Waals surface area contributed by atoms with E-state index >= 15 is 0 Å². The molecule has 0 aliphatic heterocycles. The Bertz CT molecular complexity index is 489. The normalized spacial score (nSPS) is 10.4. The first-order valence-electron chi connectivity index (χ1n) is 5.62. The Labute approximate surface area is 100 Å². The lowest BCUT2D eigenvalue weighted by Gasteiger charge is -2.01. The third-order valence-electron chi connectivity index (χ3n) is 2.60. The highest BCUT2D eigenvalue weighted by atomic mass is 16.3. The van der Waals surface area contributed by atoms with Gasteiger partial charge in [-0.25, -0.2) is 0 Å². The maximum atomic E-state index is 11.7. The number of carbonyl (C=O) groups is 1. The van der Waals surface area contributed by atoms with Crippen LogP contribution in [0.2, 0.25) is 0 Å². The van der Waals surface area contributed by atoms with Gasteiger partial charge < -0.3 is 10.2 Å². The first-order valence-corrected chi connectivity index (χ1v) is 5.62. The minimum Gasteiger partial charge on any atom is -0.469 e. The fourth-order valence-corrected chi connectivity index (χ4v) is 1.73. The Balaban J connectivity index is 1.84. The van der Waals surface area contributed by atoms with E-state index in [1.807, 2.05) is 30.3 Å². The number of ketones is 1. The number of hydrogen-bond acceptors (Lipinski definition) is 3. The Kier molecular flexibility index (Phi) is 3.60. The Morgan fingerprint density at radius 2 is 2.12 bits per heavy atom. The van der Waals surface area contributed by atoms with Crippen molar-refractivity contribution in [1.82, 2.24) is 0 Å². The van der Waals surface area contributed by atoms with Gasteiger partial charge in [-0.05, 0) is 36.2 Å². The summed E-state index contributed by atoms with van der Waals surface area (Å²) in [7, 11) is 0. The van der Waals surface area contributed by atoms with Gasteiger partial charge in [-0.15, -0.1) is 0 Å². The van der Waals surface area contributed by atoms with E-state index in [9.17, 15) is 4.79 Å². The molecule has 0 saturated carbocycles. The summed E-state index contributed by atoms with van der Waals surface area (Å²) in [5.41, 5.74) is 7.51. The monoisotopic (exact) mass is 229 g/mol. The minimum atomic E-state index is 0.183. The molecule has 2 aromatic rings. The molecule has 0 radical (unpaired) electrons. The van der Waals surface area contributed by atoms with Gasteiger partial charge in [0.1, 0.15) is 11.5 Å². The third-order valence-corrected chi connectivity index (χ3v) is 2.60. The van der Waals surface area contributed by atoms with E-state index in [0.717, 1.165) is 23.4 Å². The average molecular weight is 229 g/mol. The van der Waals surface area contributed by atoms with Crippen LogP contribution in [0.25, 0.3) is 0 Å². The number of nitrogens with two attached hydrogens (primary N) is 1. The summed E-state index contributed by atoms with van der Waals surface area (Å²) >= 11 is 0. The van der Waals surface area contributed by atoms with E-state index in [-0.39, 0.29) is 5.78 Å². The highest BCUT2D eigenvalue weighted by Gasteiger charge is 2.06. The molecule has 0 aliphatic carbocycles. The fourth-order valence-electron chi connectivity index (χ4n) is 1.73. The molecule has 1 aromatic heterocycles. The Morgan fingerprint density at radius 3 is 2.82 bits per heavy atom. The van der Waals surface area contributed by atoms with Gasteiger partial charge in [-0.2, -0.15) is 0 Å². The number of furan rings is 1. The second-order valence-corrected chi connectivity index (χ2v) is 4.04. The predicted octanol–water partition coefficient (Wildman–Crippen LogP) is 2.61. The predicted molar refractivity (Wildman–Crippen MR) is 66.6 cm³/mol. The van der Waals surface area contributed by atoms with Crippen molar-refractivity contribution in [3.05, 3.63) is 54.0 Å². The summed E-state index contributed by atoms with van der Waals surface area (Å²) in [6.07, 6.45) is 3.20. The van der Waals surface area contributed by atoms with Gasteiger partial charge in [0.15, 0.2) is 0 Å². The summed E-state index contributed by atoms with van der Waals surface area (Å²) in [5, 5.41) is 0. The molecule has 3 heteroatoms. The first-order chi connectivity index (χ1) is 8.24. The van der Waals surface area contributed by atoms with E-state index in [1.54, 1.807) is 12.3 Å². The largest absolute Gasteiger partial charge is 0.469 e. The maximum absolute atomic E-state index is 11.7. The molecule has 1 heterocycles. The van der Waals surface area contributed by atoms with Crippen molar-refractivity contribution in [2.24, 2.45) is 0 Å². The summed E-state index contributed by atoms with van der Waals surface area (Å²) in [4.78, 5) is 11.7. The number of benzene rings is 1. The molecule has 0 spiro atoms. The zero-order chi connectivity index (χ0) is 12.1. The Hall–Kier alpha value is -2.03. The van der Waals surface area contributed by atoms with Crippen molar-refractivity contribution in [3.63, 3.8) is 0 Å². The van der Waals surface area contributed by atoms with Gasteiger partial charge in [-0.3, -0.25) is 4.79 Å². The summed E-state index contributed by atoms with van der Waals surface area (Å²) in [5.74, 6) is 0.907. The molecule has 0 atom stereocenters. The molecule has 0 bridgehead atoms. The van der Waals surface area contributed by atoms with E-state index < -0.39 is 0 Å². The molecule has 3 nitrogen and oxygen atoms in total. The molecular formula is C14H15NO2. The lowest BCUT2D eigenvalue weighted by Crippen LogP contribution is -2.03. The molecule has 0 aliphatic rings. The standard InChI is InChI=1S/C14H15NO2/c15-12-4-1-3-11(9-12)6-7-13(16)10-14-5-2-8-17-14/h1-5,8-9H,6-7,10,15H2. The summed E-state index contributed by atoms with van der Waals surface area (Å²) in [6.45, 7) is 0. The topological polar surface area (TPSA) is 56.2 Å². The number of hydrogen-bond donors (Lipinski definition) is 1. The van der Waals surface area contributed by atoms with E-state index in [1.165, 1.54) is 0 Å². The van der Waals surface area contributed by atoms with Gasteiger partial charge in [-0.1, -0.05) is 12.1 Å². The van der Waals surface area contributed by atoms with E-state index in [0.29, 0.717) is 12.8 Å². The first kappa shape index (κ1) is 11.5. The van der Waals surface area contributed by atoms with E-state index in [4.69, 9.17) is 10.2 Å². The summed E-state index contributed by atoms with van der Waals surface area (Å²) in [6, 6.07) is 11.2. The molecule has 0 saturated heterocycles. The molecule has 0 amide bonds. The molecule has 88 valence electrons. The van der Waals surface area contributed by atoms with Crippen molar-refractivity contribution in [1.29, 1.82) is 0 Å². The van der Waals surface area contributed by atoms with Crippen LogP contribution < -0.4 is 5.73 Å². The van der Waals surface area contributed by atoms with Crippen LogP contribution in [-0.2, 0) is 17.6 Å². The van der Waals surface area contributed by atoms with Crippen LogP contribution in [0.4, 0.5) is 5.69 Å². The summed E-state index contributed by atoms with van der Waals surface area (Å²) < 4.78 is 5.13. The number of anilines is 1. The van der Waals surface area contributed by atoms with E-state index in [2.05, 4.69) is 0 Å². The minimum absolute atomic E-state index is 0.183. The van der Waals surface area contributed by atoms with Crippen LogP contribution in [-0.4, -0.2) is 5.78 Å². The Morgan fingerprint density at radius 1 is 1.24 bits per heavy atom. The van der Waals surface area contributed by atoms with Gasteiger partial charge in [0.05, 0.1) is 12.7 Å². The molecule has 2 N–H and O–H groups in total. The zero-order valence-corrected chi connectivity index (χ0v) is 9.56. The van der Waals surface area contributed by atoms with Gasteiger partial charge in [0.25, 0.3) is 0 Å². The number of Topliss-reactive ketones (excluding diaryl/α,β-unsaturated/α-hetero) is 1. The number of carbonyl (C=O) groups excluding carboxylic acids is 1. The second kappa shape index (κ2) is 5.34. The van der Waals surface area contributed by atoms with Gasteiger partial charge in [0.2, 0.25) is 0 Å². The van der Waals surface area contributed by atoms with Crippen LogP contribution >= 0.6 is 0 Å². The van der Waals surface area contributed by atoms with Gasteiger partial charge >= 0.3 is 0 Å². The lowest BCUT2D eigenvalue weighted by molar-refractivity contribution is -0.118. The molecule has 0 unspecified atom stereocenters. The zero-order valence-electron chi connectivity index (χ0n) is 9.56. The quantitative estimate of drug-likeness (QED) is 0.802. The molecule has 1 aromatic carbocycles.